The molecule has 1 N–H and O–H groups in total. The number of benzene rings is 2. The van der Waals surface area contributed by atoms with Crippen molar-refractivity contribution in [2.45, 2.75) is 77.3 Å². The van der Waals surface area contributed by atoms with Gasteiger partial charge < -0.3 is 14.9 Å². The van der Waals surface area contributed by atoms with Gasteiger partial charge in [0.05, 0.1) is 11.9 Å². The topological polar surface area (TPSA) is 91.6 Å². The van der Waals surface area contributed by atoms with E-state index in [9.17, 15) is 14.7 Å². The number of carboxylic acids is 1. The van der Waals surface area contributed by atoms with E-state index in [1.165, 1.54) is 18.4 Å². The Morgan fingerprint density at radius 2 is 1.82 bits per heavy atom. The molecule has 7 heterocycles. The molecule has 1 atom stereocenters. The number of carbonyl (C=O) groups excluding carboxylic acids is 1. The van der Waals surface area contributed by atoms with E-state index in [0.717, 1.165) is 91.6 Å². The van der Waals surface area contributed by atoms with Crippen LogP contribution in [0.4, 0.5) is 4.79 Å². The van der Waals surface area contributed by atoms with Crippen LogP contribution in [0, 0.1) is 12.8 Å². The van der Waals surface area contributed by atoms with Gasteiger partial charge in [-0.3, -0.25) is 4.79 Å². The molecule has 2 amide bonds. The number of rotatable bonds is 2. The summed E-state index contributed by atoms with van der Waals surface area (Å²) in [5.74, 6) is -0.426. The van der Waals surface area contributed by atoms with Crippen molar-refractivity contribution in [2.24, 2.45) is 5.92 Å². The van der Waals surface area contributed by atoms with Crippen LogP contribution in [0.1, 0.15) is 78.7 Å². The van der Waals surface area contributed by atoms with Gasteiger partial charge in [-0.15, -0.1) is 5.10 Å². The van der Waals surface area contributed by atoms with Crippen LogP contribution in [-0.2, 0) is 24.3 Å². The first-order valence-electron chi connectivity index (χ1n) is 14.2. The van der Waals surface area contributed by atoms with Crippen molar-refractivity contribution in [3.8, 4) is 0 Å². The van der Waals surface area contributed by atoms with Crippen LogP contribution in [0.15, 0.2) is 30.3 Å². The Bertz CT molecular complexity index is 1360. The van der Waals surface area contributed by atoms with Crippen LogP contribution < -0.4 is 0 Å². The molecule has 0 radical (unpaired) electrons. The average molecular weight is 516 g/mol. The molecule has 200 valence electrons. The lowest BCUT2D eigenvalue weighted by Gasteiger charge is -2.38. The first-order valence-corrected chi connectivity index (χ1v) is 14.2. The number of piperidine rings is 1. The van der Waals surface area contributed by atoms with Gasteiger partial charge in [-0.25, -0.2) is 9.48 Å². The Morgan fingerprint density at radius 1 is 0.974 bits per heavy atom. The summed E-state index contributed by atoms with van der Waals surface area (Å²) in [5, 5.41) is 18.8. The summed E-state index contributed by atoms with van der Waals surface area (Å²) in [6.45, 7) is 5.87. The predicted molar refractivity (Wildman–Crippen MR) is 145 cm³/mol. The third-order valence-electron chi connectivity index (χ3n) is 9.02. The van der Waals surface area contributed by atoms with Gasteiger partial charge in [-0.05, 0) is 72.4 Å². The van der Waals surface area contributed by atoms with Crippen LogP contribution in [0.25, 0.3) is 11.0 Å². The molecule has 6 aliphatic heterocycles. The predicted octanol–water partition coefficient (Wildman–Crippen LogP) is 5.11. The molecular formula is C30H37N5O3. The van der Waals surface area contributed by atoms with Gasteiger partial charge in [-0.1, -0.05) is 48.7 Å². The lowest BCUT2D eigenvalue weighted by molar-refractivity contribution is -0.137. The van der Waals surface area contributed by atoms with Crippen LogP contribution in [0.3, 0.4) is 0 Å². The first-order chi connectivity index (χ1) is 18.5. The number of carbonyl (C=O) groups is 2. The summed E-state index contributed by atoms with van der Waals surface area (Å²) in [6.07, 6.45) is 7.65. The minimum Gasteiger partial charge on any atom is -0.481 e. The summed E-state index contributed by atoms with van der Waals surface area (Å²) < 4.78 is 2.00. The fourth-order valence-electron chi connectivity index (χ4n) is 6.75. The number of aliphatic carboxylic acids is 1. The number of hydrogen-bond acceptors (Lipinski definition) is 4. The summed E-state index contributed by atoms with van der Waals surface area (Å²) in [5.41, 5.74) is 7.18. The normalized spacial score (nSPS) is 22.4. The van der Waals surface area contributed by atoms with Crippen molar-refractivity contribution in [1.29, 1.82) is 0 Å². The summed E-state index contributed by atoms with van der Waals surface area (Å²) in [6, 6.07) is 10.6. The number of aromatic nitrogens is 3. The van der Waals surface area contributed by atoms with Gasteiger partial charge >= 0.3 is 12.0 Å². The molecule has 8 heteroatoms. The van der Waals surface area contributed by atoms with Crippen molar-refractivity contribution < 1.29 is 14.7 Å². The van der Waals surface area contributed by atoms with Crippen molar-refractivity contribution in [3.63, 3.8) is 0 Å². The zero-order valence-electron chi connectivity index (χ0n) is 22.2. The summed E-state index contributed by atoms with van der Waals surface area (Å²) in [7, 11) is 0. The average Bonchev–Trinajstić information content (AvgIpc) is 3.34. The Labute approximate surface area is 223 Å². The molecule has 1 saturated heterocycles. The largest absolute Gasteiger partial charge is 0.481 e. The Morgan fingerprint density at radius 3 is 2.63 bits per heavy atom. The van der Waals surface area contributed by atoms with E-state index >= 15 is 0 Å². The maximum Gasteiger partial charge on any atom is 0.320 e. The van der Waals surface area contributed by atoms with Gasteiger partial charge in [0, 0.05) is 38.6 Å². The summed E-state index contributed by atoms with van der Waals surface area (Å²) in [4.78, 5) is 29.5. The van der Waals surface area contributed by atoms with E-state index in [2.05, 4.69) is 40.6 Å². The van der Waals surface area contributed by atoms with Crippen molar-refractivity contribution in [1.82, 2.24) is 24.8 Å². The van der Waals surface area contributed by atoms with E-state index in [4.69, 9.17) is 0 Å². The Kier molecular flexibility index (Phi) is 6.80. The van der Waals surface area contributed by atoms with E-state index in [1.54, 1.807) is 0 Å². The van der Waals surface area contributed by atoms with Crippen molar-refractivity contribution in [3.05, 3.63) is 58.1 Å². The van der Waals surface area contributed by atoms with Crippen molar-refractivity contribution >= 4 is 23.0 Å². The molecule has 3 aromatic rings. The molecular weight excluding hydrogens is 478 g/mol. The molecule has 9 rings (SSSR count). The molecule has 0 saturated carbocycles. The number of urea groups is 1. The second-order valence-electron chi connectivity index (χ2n) is 11.4. The maximum atomic E-state index is 13.4. The minimum absolute atomic E-state index is 0.00312. The number of amides is 2. The van der Waals surface area contributed by atoms with Crippen LogP contribution in [0.2, 0.25) is 0 Å². The number of hydrogen-bond donors (Lipinski definition) is 1. The standard InChI is InChI=1S/C30H37N5O3/c1-20-25-8-9-27-29(20)31-32-35(27)13-4-2-3-5-21-10-14-33(15-11-21)30(38)34-16-12-22-6-7-23(17-24(22)19-34)26(25)18-28(36)37/h6-9,17,21,26H,2-5,10-16,18-19H2,1H3,(H,36,37)/t26-/m1/s1. The highest BCUT2D eigenvalue weighted by atomic mass is 16.4. The monoisotopic (exact) mass is 515 g/mol. The molecule has 1 aromatic heterocycles. The van der Waals surface area contributed by atoms with E-state index < -0.39 is 5.97 Å². The zero-order valence-corrected chi connectivity index (χ0v) is 22.2. The molecule has 6 aliphatic rings. The lowest BCUT2D eigenvalue weighted by Crippen LogP contribution is -2.48. The number of carboxylic acid groups (broad SMARTS) is 1. The fourth-order valence-corrected chi connectivity index (χ4v) is 6.75. The van der Waals surface area contributed by atoms with E-state index in [1.807, 2.05) is 21.4 Å². The molecule has 9 bridgehead atoms. The van der Waals surface area contributed by atoms with Crippen LogP contribution in [0.5, 0.6) is 0 Å². The molecule has 0 aliphatic carbocycles. The third kappa shape index (κ3) is 4.76. The molecule has 38 heavy (non-hydrogen) atoms. The van der Waals surface area contributed by atoms with Crippen LogP contribution in [-0.4, -0.2) is 61.5 Å². The zero-order chi connectivity index (χ0) is 26.2. The maximum absolute atomic E-state index is 13.4. The highest BCUT2D eigenvalue weighted by Gasteiger charge is 2.30. The second-order valence-corrected chi connectivity index (χ2v) is 11.4. The second kappa shape index (κ2) is 10.4. The molecule has 8 nitrogen and oxygen atoms in total. The minimum atomic E-state index is -0.832. The van der Waals surface area contributed by atoms with Gasteiger partial charge in [0.2, 0.25) is 0 Å². The van der Waals surface area contributed by atoms with Crippen molar-refractivity contribution in [2.75, 3.05) is 19.6 Å². The SMILES string of the molecule is Cc1c2ccc3c1nnn3CCCCCC1CCN(CC1)C(=O)N1CCc3ccc(cc3C1)[C@H]2CC(=O)O. The quantitative estimate of drug-likeness (QED) is 0.512. The van der Waals surface area contributed by atoms with Gasteiger partial charge in [0.25, 0.3) is 0 Å². The van der Waals surface area contributed by atoms with Crippen LogP contribution >= 0.6 is 0 Å². The summed E-state index contributed by atoms with van der Waals surface area (Å²) >= 11 is 0. The van der Waals surface area contributed by atoms with Gasteiger partial charge in [0.1, 0.15) is 5.52 Å². The van der Waals surface area contributed by atoms with E-state index in [0.29, 0.717) is 12.5 Å². The first kappa shape index (κ1) is 24.9. The molecule has 0 unspecified atom stereocenters. The number of nitrogens with zero attached hydrogens (tertiary/aromatic N) is 5. The van der Waals surface area contributed by atoms with Gasteiger partial charge in [-0.2, -0.15) is 0 Å². The number of aryl methyl sites for hydroxylation is 2. The third-order valence-corrected chi connectivity index (χ3v) is 9.02. The Balaban J connectivity index is 1.39. The van der Waals surface area contributed by atoms with E-state index in [-0.39, 0.29) is 18.4 Å². The highest BCUT2D eigenvalue weighted by molar-refractivity contribution is 5.80. The molecule has 2 aromatic carbocycles. The smallest absolute Gasteiger partial charge is 0.320 e. The highest BCUT2D eigenvalue weighted by Crippen LogP contribution is 2.35. The van der Waals surface area contributed by atoms with Gasteiger partial charge in [0.15, 0.2) is 0 Å². The molecule has 1 fully saturated rings. The Hall–Kier alpha value is -3.42. The lowest BCUT2D eigenvalue weighted by atomic mass is 9.83. The fraction of sp³-hybridized carbons (Fsp3) is 0.533. The molecule has 0 spiro atoms.